The Kier molecular flexibility index (Phi) is 18.7. The van der Waals surface area contributed by atoms with Crippen molar-refractivity contribution in [2.75, 3.05) is 18.0 Å². The molecule has 0 N–H and O–H groups in total. The van der Waals surface area contributed by atoms with Gasteiger partial charge in [0.05, 0.1) is 0 Å². The maximum Gasteiger partial charge on any atom is 0.132 e. The normalized spacial score (nSPS) is 15.6. The van der Waals surface area contributed by atoms with Crippen LogP contribution in [0.15, 0.2) is 24.3 Å². The molecule has 34 heavy (non-hydrogen) atoms. The molecule has 3 unspecified atom stereocenters. The summed E-state index contributed by atoms with van der Waals surface area (Å²) in [5.74, 6) is 3.36. The molecule has 0 spiro atoms. The van der Waals surface area contributed by atoms with E-state index in [0.717, 1.165) is 30.5 Å². The van der Waals surface area contributed by atoms with Gasteiger partial charge in [-0.3, -0.25) is 4.79 Å². The number of hydrogen-bond donors (Lipinski definition) is 0. The zero-order valence-corrected chi connectivity index (χ0v) is 23.7. The average Bonchev–Trinajstić information content (AvgIpc) is 2.82. The first-order valence-corrected chi connectivity index (χ1v) is 14.1. The number of anilines is 1. The van der Waals surface area contributed by atoms with Gasteiger partial charge >= 0.3 is 0 Å². The second-order valence-corrected chi connectivity index (χ2v) is 10.2. The first kappa shape index (κ1) is 32.4. The number of hydrogen-bond acceptors (Lipinski definition) is 3. The summed E-state index contributed by atoms with van der Waals surface area (Å²) >= 11 is 0. The molecule has 1 aliphatic heterocycles. The average molecular weight is 474 g/mol. The molecule has 0 aromatic heterocycles. The van der Waals surface area contributed by atoms with Crippen molar-refractivity contribution in [3.8, 4) is 0 Å². The fourth-order valence-corrected chi connectivity index (χ4v) is 4.23. The van der Waals surface area contributed by atoms with E-state index in [4.69, 9.17) is 4.79 Å². The molecule has 0 saturated carbocycles. The Morgan fingerprint density at radius 2 is 1.50 bits per heavy atom. The van der Waals surface area contributed by atoms with E-state index in [1.807, 2.05) is 6.92 Å². The summed E-state index contributed by atoms with van der Waals surface area (Å²) in [6.07, 6.45) is 11.2. The first-order chi connectivity index (χ1) is 16.3. The Hall–Kier alpha value is -1.64. The third kappa shape index (κ3) is 12.7. The van der Waals surface area contributed by atoms with Crippen LogP contribution in [0.1, 0.15) is 125 Å². The Balaban J connectivity index is 0.00000137. The predicted octanol–water partition coefficient (Wildman–Crippen LogP) is 8.85. The van der Waals surface area contributed by atoms with Crippen LogP contribution in [0.2, 0.25) is 0 Å². The number of Topliss-reactive ketones (excluding diaryl/α,β-unsaturated/α-hetero) is 1. The number of nitrogens with zero attached hydrogens (tertiary/aromatic N) is 1. The van der Waals surface area contributed by atoms with E-state index in [9.17, 15) is 4.79 Å². The van der Waals surface area contributed by atoms with E-state index >= 15 is 0 Å². The third-order valence-corrected chi connectivity index (χ3v) is 7.39. The number of unbranched alkanes of at least 4 members (excludes halogenated alkanes) is 3. The smallest absolute Gasteiger partial charge is 0.132 e. The fraction of sp³-hybridized carbons (Fsp3) is 0.742. The molecule has 0 amide bonds. The minimum Gasteiger partial charge on any atom is -0.371 e. The molecule has 1 heterocycles. The maximum atomic E-state index is 11.5. The number of carbonyl (C=O) groups is 2. The minimum absolute atomic E-state index is 0.378. The van der Waals surface area contributed by atoms with Gasteiger partial charge in [-0.25, -0.2) is 0 Å². The summed E-state index contributed by atoms with van der Waals surface area (Å²) in [5, 5.41) is 0. The van der Waals surface area contributed by atoms with Crippen molar-refractivity contribution in [3.05, 3.63) is 29.8 Å². The van der Waals surface area contributed by atoms with E-state index < -0.39 is 0 Å². The van der Waals surface area contributed by atoms with E-state index in [-0.39, 0.29) is 0 Å². The second kappa shape index (κ2) is 19.6. The van der Waals surface area contributed by atoms with Crippen LogP contribution in [0.3, 0.4) is 0 Å². The SMILES string of the molecule is CC=O.CCCC.CCCCCC(C)C(C)C1CN(c2ccc(C(C)CCC(=O)CC)cc2)C1. The van der Waals surface area contributed by atoms with Gasteiger partial charge in [0.1, 0.15) is 12.1 Å². The lowest BCUT2D eigenvalue weighted by molar-refractivity contribution is -0.118. The lowest BCUT2D eigenvalue weighted by atomic mass is 9.77. The van der Waals surface area contributed by atoms with Gasteiger partial charge in [0.2, 0.25) is 0 Å². The quantitative estimate of drug-likeness (QED) is 0.212. The highest BCUT2D eigenvalue weighted by molar-refractivity contribution is 5.78. The van der Waals surface area contributed by atoms with Crippen molar-refractivity contribution in [1.29, 1.82) is 0 Å². The molecular weight excluding hydrogens is 418 g/mol. The van der Waals surface area contributed by atoms with Crippen LogP contribution in [0.5, 0.6) is 0 Å². The summed E-state index contributed by atoms with van der Waals surface area (Å²) < 4.78 is 0. The topological polar surface area (TPSA) is 37.4 Å². The first-order valence-electron chi connectivity index (χ1n) is 14.1. The molecule has 1 saturated heterocycles. The Morgan fingerprint density at radius 3 is 1.97 bits per heavy atom. The van der Waals surface area contributed by atoms with Crippen molar-refractivity contribution in [2.45, 2.75) is 119 Å². The second-order valence-electron chi connectivity index (χ2n) is 10.2. The van der Waals surface area contributed by atoms with E-state index in [1.165, 1.54) is 69.8 Å². The molecule has 0 bridgehead atoms. The van der Waals surface area contributed by atoms with Crippen LogP contribution in [0, 0.1) is 17.8 Å². The van der Waals surface area contributed by atoms with E-state index in [0.29, 0.717) is 24.5 Å². The molecular formula is C31H55NO2. The molecule has 3 atom stereocenters. The zero-order valence-electron chi connectivity index (χ0n) is 23.7. The van der Waals surface area contributed by atoms with Crippen molar-refractivity contribution in [2.24, 2.45) is 17.8 Å². The summed E-state index contributed by atoms with van der Waals surface area (Å²) in [6, 6.07) is 9.08. The van der Waals surface area contributed by atoms with Crippen molar-refractivity contribution < 1.29 is 9.59 Å². The van der Waals surface area contributed by atoms with Gasteiger partial charge in [-0.05, 0) is 54.7 Å². The van der Waals surface area contributed by atoms with E-state index in [1.54, 1.807) is 0 Å². The van der Waals surface area contributed by atoms with Crippen LogP contribution in [0.4, 0.5) is 5.69 Å². The highest BCUT2D eigenvalue weighted by Gasteiger charge is 2.33. The zero-order chi connectivity index (χ0) is 25.9. The molecule has 3 heteroatoms. The largest absolute Gasteiger partial charge is 0.371 e. The highest BCUT2D eigenvalue weighted by Crippen LogP contribution is 2.35. The lowest BCUT2D eigenvalue weighted by Gasteiger charge is -2.46. The van der Waals surface area contributed by atoms with E-state index in [2.05, 4.69) is 70.7 Å². The third-order valence-electron chi connectivity index (χ3n) is 7.39. The van der Waals surface area contributed by atoms with Gasteiger partial charge in [0.25, 0.3) is 0 Å². The molecule has 3 nitrogen and oxygen atoms in total. The standard InChI is InChI=1S/C25H41NO.C4H10.C2H4O/c1-6-8-9-10-19(3)21(5)23-17-26(18-23)24-14-12-22(13-15-24)20(4)11-16-25(27)7-2;1-3-4-2;1-2-3/h12-15,19-21,23H,6-11,16-18H2,1-5H3;3-4H2,1-2H3;2H,1H3. The lowest BCUT2D eigenvalue weighted by Crippen LogP contribution is -2.50. The van der Waals surface area contributed by atoms with Crippen molar-refractivity contribution in [1.82, 2.24) is 0 Å². The van der Waals surface area contributed by atoms with Crippen molar-refractivity contribution in [3.63, 3.8) is 0 Å². The molecule has 1 aliphatic rings. The van der Waals surface area contributed by atoms with Gasteiger partial charge in [-0.1, -0.05) is 99.1 Å². The Morgan fingerprint density at radius 1 is 0.941 bits per heavy atom. The Labute approximate surface area is 212 Å². The van der Waals surface area contributed by atoms with Crippen LogP contribution < -0.4 is 4.90 Å². The summed E-state index contributed by atoms with van der Waals surface area (Å²) in [7, 11) is 0. The fourth-order valence-electron chi connectivity index (χ4n) is 4.23. The minimum atomic E-state index is 0.378. The number of ketones is 1. The monoisotopic (exact) mass is 473 g/mol. The molecule has 1 aromatic carbocycles. The molecule has 0 aliphatic carbocycles. The summed E-state index contributed by atoms with van der Waals surface area (Å²) in [6.45, 7) is 19.6. The highest BCUT2D eigenvalue weighted by atomic mass is 16.1. The predicted molar refractivity (Wildman–Crippen MR) is 150 cm³/mol. The van der Waals surface area contributed by atoms with Crippen LogP contribution in [-0.2, 0) is 9.59 Å². The number of benzene rings is 1. The number of rotatable bonds is 13. The van der Waals surface area contributed by atoms with Gasteiger partial charge in [-0.15, -0.1) is 0 Å². The van der Waals surface area contributed by atoms with Crippen LogP contribution in [-0.4, -0.2) is 25.2 Å². The maximum absolute atomic E-state index is 11.5. The summed E-state index contributed by atoms with van der Waals surface area (Å²) in [4.78, 5) is 22.9. The van der Waals surface area contributed by atoms with Gasteiger partial charge in [-0.2, -0.15) is 0 Å². The van der Waals surface area contributed by atoms with Crippen LogP contribution in [0.25, 0.3) is 0 Å². The van der Waals surface area contributed by atoms with Crippen molar-refractivity contribution >= 4 is 17.8 Å². The molecule has 2 rings (SSSR count). The van der Waals surface area contributed by atoms with Gasteiger partial charge in [0, 0.05) is 31.6 Å². The van der Waals surface area contributed by atoms with Gasteiger partial charge < -0.3 is 9.69 Å². The molecule has 1 aromatic rings. The van der Waals surface area contributed by atoms with Gasteiger partial charge in [0.15, 0.2) is 0 Å². The number of carbonyl (C=O) groups excluding carboxylic acids is 2. The summed E-state index contributed by atoms with van der Waals surface area (Å²) in [5.41, 5.74) is 2.72. The molecule has 196 valence electrons. The number of aldehydes is 1. The molecule has 1 fully saturated rings. The van der Waals surface area contributed by atoms with Crippen LogP contribution >= 0.6 is 0 Å². The molecule has 0 radical (unpaired) electrons. The Bertz CT molecular complexity index is 631.